The second-order valence-corrected chi connectivity index (χ2v) is 9.06. The standard InChI is InChI=1S/C23H19FN4O5/c1-11-4-6-13(10-17(11)28(32)33)27-20(29)18-16-3-2-8-26(16)23(19(18)21(27)30)14-9-12(24)5-7-15(14)25-22(23)31/h4-7,9-10,16,18-19H,2-3,8H2,1H3,(H,25,31)/t16-,18-,19-,23+/m0/s1. The Morgan fingerprint density at radius 1 is 1.15 bits per heavy atom. The summed E-state index contributed by atoms with van der Waals surface area (Å²) in [6, 6.07) is 7.84. The smallest absolute Gasteiger partial charge is 0.274 e. The molecule has 0 radical (unpaired) electrons. The summed E-state index contributed by atoms with van der Waals surface area (Å²) in [5, 5.41) is 14.2. The van der Waals surface area contributed by atoms with Crippen molar-refractivity contribution in [2.75, 3.05) is 16.8 Å². The summed E-state index contributed by atoms with van der Waals surface area (Å²) in [6.45, 7) is 2.08. The van der Waals surface area contributed by atoms with Crippen LogP contribution >= 0.6 is 0 Å². The summed E-state index contributed by atoms with van der Waals surface area (Å²) >= 11 is 0. The van der Waals surface area contributed by atoms with Crippen LogP contribution in [0.1, 0.15) is 24.0 Å². The summed E-state index contributed by atoms with van der Waals surface area (Å²) in [4.78, 5) is 54.7. The van der Waals surface area contributed by atoms with E-state index in [1.165, 1.54) is 36.4 Å². The summed E-state index contributed by atoms with van der Waals surface area (Å²) in [5.74, 6) is -3.88. The molecule has 0 aromatic heterocycles. The molecule has 4 aliphatic rings. The molecule has 9 nitrogen and oxygen atoms in total. The largest absolute Gasteiger partial charge is 0.324 e. The number of benzene rings is 2. The highest BCUT2D eigenvalue weighted by Gasteiger charge is 2.74. The Labute approximate surface area is 187 Å². The van der Waals surface area contributed by atoms with E-state index in [0.29, 0.717) is 29.8 Å². The average molecular weight is 450 g/mol. The molecule has 3 amide bonds. The van der Waals surface area contributed by atoms with Gasteiger partial charge < -0.3 is 5.32 Å². The van der Waals surface area contributed by atoms with Crippen molar-refractivity contribution >= 4 is 34.8 Å². The molecular formula is C23H19FN4O5. The molecule has 10 heteroatoms. The van der Waals surface area contributed by atoms with Gasteiger partial charge >= 0.3 is 0 Å². The first-order valence-corrected chi connectivity index (χ1v) is 10.8. The maximum atomic E-state index is 14.3. The minimum atomic E-state index is -1.48. The minimum absolute atomic E-state index is 0.106. The summed E-state index contributed by atoms with van der Waals surface area (Å²) in [7, 11) is 0. The van der Waals surface area contributed by atoms with Crippen LogP contribution in [0.5, 0.6) is 0 Å². The lowest BCUT2D eigenvalue weighted by atomic mass is 9.75. The van der Waals surface area contributed by atoms with Gasteiger partial charge in [-0.1, -0.05) is 6.07 Å². The lowest BCUT2D eigenvalue weighted by Crippen LogP contribution is -2.54. The Balaban J connectivity index is 1.54. The van der Waals surface area contributed by atoms with Crippen LogP contribution in [-0.4, -0.2) is 40.1 Å². The number of hydrogen-bond donors (Lipinski definition) is 1. The van der Waals surface area contributed by atoms with Gasteiger partial charge in [0.05, 0.1) is 22.4 Å². The summed E-state index contributed by atoms with van der Waals surface area (Å²) in [6.07, 6.45) is 1.37. The number of fused-ring (bicyclic) bond motifs is 7. The Bertz CT molecular complexity index is 1300. The number of hydrogen-bond acceptors (Lipinski definition) is 6. The molecule has 1 spiro atoms. The molecule has 2 aromatic carbocycles. The van der Waals surface area contributed by atoms with Crippen molar-refractivity contribution in [3.8, 4) is 0 Å². The number of aryl methyl sites for hydroxylation is 1. The number of amides is 3. The fourth-order valence-corrected chi connectivity index (χ4v) is 6.36. The van der Waals surface area contributed by atoms with Crippen LogP contribution in [0.2, 0.25) is 0 Å². The number of carbonyl (C=O) groups excluding carboxylic acids is 3. The van der Waals surface area contributed by atoms with Crippen LogP contribution < -0.4 is 10.2 Å². The normalized spacial score (nSPS) is 30.1. The van der Waals surface area contributed by atoms with Gasteiger partial charge in [0, 0.05) is 28.9 Å². The number of nitro benzene ring substituents is 1. The molecule has 33 heavy (non-hydrogen) atoms. The third kappa shape index (κ3) is 2.31. The van der Waals surface area contributed by atoms with Gasteiger partial charge in [-0.2, -0.15) is 0 Å². The van der Waals surface area contributed by atoms with E-state index < -0.39 is 45.8 Å². The SMILES string of the molecule is Cc1ccc(N2C(=O)[C@@H]3[C@@H](C2=O)[C@]2(C(=O)Nc4ccc(F)cc42)N2CCC[C@@H]32)cc1[N+](=O)[O-]. The molecule has 6 rings (SSSR count). The van der Waals surface area contributed by atoms with E-state index in [0.717, 1.165) is 11.3 Å². The Hall–Kier alpha value is -3.66. The second-order valence-electron chi connectivity index (χ2n) is 9.06. The van der Waals surface area contributed by atoms with Gasteiger partial charge in [0.2, 0.25) is 17.7 Å². The van der Waals surface area contributed by atoms with Crippen molar-refractivity contribution in [1.29, 1.82) is 0 Å². The third-order valence-corrected chi connectivity index (χ3v) is 7.60. The molecule has 2 aromatic rings. The van der Waals surface area contributed by atoms with E-state index in [1.54, 1.807) is 6.92 Å². The first-order valence-electron chi connectivity index (χ1n) is 10.8. The van der Waals surface area contributed by atoms with E-state index in [4.69, 9.17) is 0 Å². The number of nitrogens with one attached hydrogen (secondary N) is 1. The number of nitrogens with zero attached hydrogens (tertiary/aromatic N) is 3. The van der Waals surface area contributed by atoms with Gasteiger partial charge in [-0.15, -0.1) is 0 Å². The Kier molecular flexibility index (Phi) is 3.90. The second kappa shape index (κ2) is 6.44. The zero-order chi connectivity index (χ0) is 23.2. The van der Waals surface area contributed by atoms with Crippen molar-refractivity contribution < 1.29 is 23.7 Å². The van der Waals surface area contributed by atoms with Gasteiger partial charge in [0.25, 0.3) is 5.69 Å². The molecule has 3 saturated heterocycles. The summed E-state index contributed by atoms with van der Waals surface area (Å²) in [5.41, 5.74) is -0.382. The zero-order valence-corrected chi connectivity index (χ0v) is 17.6. The van der Waals surface area contributed by atoms with Gasteiger partial charge in [0.1, 0.15) is 11.4 Å². The maximum Gasteiger partial charge on any atom is 0.274 e. The first kappa shape index (κ1) is 20.0. The molecule has 0 saturated carbocycles. The van der Waals surface area contributed by atoms with Crippen LogP contribution in [0.4, 0.5) is 21.5 Å². The van der Waals surface area contributed by atoms with Gasteiger partial charge in [-0.3, -0.25) is 29.4 Å². The lowest BCUT2D eigenvalue weighted by molar-refractivity contribution is -0.385. The predicted octanol–water partition coefficient (Wildman–Crippen LogP) is 2.47. The molecule has 4 atom stereocenters. The molecule has 3 fully saturated rings. The molecule has 4 aliphatic heterocycles. The number of nitro groups is 1. The fraction of sp³-hybridized carbons (Fsp3) is 0.348. The van der Waals surface area contributed by atoms with Gasteiger partial charge in [-0.05, 0) is 50.6 Å². The van der Waals surface area contributed by atoms with Crippen LogP contribution in [0.3, 0.4) is 0 Å². The molecule has 1 N–H and O–H groups in total. The van der Waals surface area contributed by atoms with Crippen LogP contribution in [0.15, 0.2) is 36.4 Å². The van der Waals surface area contributed by atoms with Crippen molar-refractivity contribution in [2.45, 2.75) is 31.3 Å². The number of halogens is 1. The molecule has 168 valence electrons. The lowest BCUT2D eigenvalue weighted by Gasteiger charge is -2.36. The van der Waals surface area contributed by atoms with Gasteiger partial charge in [0.15, 0.2) is 0 Å². The van der Waals surface area contributed by atoms with Crippen molar-refractivity contribution in [2.24, 2.45) is 11.8 Å². The minimum Gasteiger partial charge on any atom is -0.324 e. The first-order chi connectivity index (χ1) is 15.8. The Morgan fingerprint density at radius 3 is 2.70 bits per heavy atom. The highest BCUT2D eigenvalue weighted by molar-refractivity contribution is 6.26. The molecular weight excluding hydrogens is 431 g/mol. The van der Waals surface area contributed by atoms with E-state index in [-0.39, 0.29) is 17.4 Å². The van der Waals surface area contributed by atoms with Crippen LogP contribution in [0.25, 0.3) is 0 Å². The van der Waals surface area contributed by atoms with E-state index >= 15 is 0 Å². The van der Waals surface area contributed by atoms with E-state index in [2.05, 4.69) is 5.32 Å². The van der Waals surface area contributed by atoms with Crippen LogP contribution in [0, 0.1) is 34.7 Å². The molecule has 0 bridgehead atoms. The van der Waals surface area contributed by atoms with Gasteiger partial charge in [-0.25, -0.2) is 9.29 Å². The van der Waals surface area contributed by atoms with Crippen LogP contribution in [-0.2, 0) is 19.9 Å². The maximum absolute atomic E-state index is 14.3. The van der Waals surface area contributed by atoms with Crippen molar-refractivity contribution in [1.82, 2.24) is 4.90 Å². The number of imide groups is 1. The zero-order valence-electron chi connectivity index (χ0n) is 17.6. The highest BCUT2D eigenvalue weighted by atomic mass is 19.1. The monoisotopic (exact) mass is 450 g/mol. The molecule has 0 aliphatic carbocycles. The van der Waals surface area contributed by atoms with Crippen molar-refractivity contribution in [3.05, 3.63) is 63.5 Å². The quantitative estimate of drug-likeness (QED) is 0.427. The summed E-state index contributed by atoms with van der Waals surface area (Å²) < 4.78 is 14.3. The fourth-order valence-electron chi connectivity index (χ4n) is 6.36. The highest BCUT2D eigenvalue weighted by Crippen LogP contribution is 2.60. The number of rotatable bonds is 2. The molecule has 4 heterocycles. The predicted molar refractivity (Wildman–Crippen MR) is 114 cm³/mol. The van der Waals surface area contributed by atoms with E-state index in [1.807, 2.05) is 4.90 Å². The third-order valence-electron chi connectivity index (χ3n) is 7.60. The van der Waals surface area contributed by atoms with Crippen molar-refractivity contribution in [3.63, 3.8) is 0 Å². The van der Waals surface area contributed by atoms with E-state index in [9.17, 15) is 28.9 Å². The molecule has 0 unspecified atom stereocenters. The number of carbonyl (C=O) groups is 3. The number of anilines is 2. The average Bonchev–Trinajstić information content (AvgIpc) is 3.47. The Morgan fingerprint density at radius 2 is 1.94 bits per heavy atom. The topological polar surface area (TPSA) is 113 Å².